The molecule has 0 saturated heterocycles. The summed E-state index contributed by atoms with van der Waals surface area (Å²) in [5, 5.41) is 3.28. The lowest BCUT2D eigenvalue weighted by Gasteiger charge is -2.10. The van der Waals surface area contributed by atoms with Crippen LogP contribution in [-0.4, -0.2) is 7.11 Å². The highest BCUT2D eigenvalue weighted by molar-refractivity contribution is 5.27. The molecule has 0 aliphatic rings. The first-order chi connectivity index (χ1) is 10.2. The summed E-state index contributed by atoms with van der Waals surface area (Å²) in [6.45, 7) is 1.80. The fourth-order valence-corrected chi connectivity index (χ4v) is 2.21. The summed E-state index contributed by atoms with van der Waals surface area (Å²) in [5.74, 6) is 0. The van der Waals surface area contributed by atoms with Crippen LogP contribution in [0.3, 0.4) is 0 Å². The average molecular weight is 291 g/mol. The van der Waals surface area contributed by atoms with Crippen LogP contribution in [0.1, 0.15) is 28.7 Å². The number of ether oxygens (including phenoxy) is 1. The van der Waals surface area contributed by atoms with Crippen molar-refractivity contribution in [3.8, 4) is 0 Å². The molecule has 0 saturated carbocycles. The summed E-state index contributed by atoms with van der Waals surface area (Å²) < 4.78 is 30.4. The van der Waals surface area contributed by atoms with E-state index < -0.39 is 6.43 Å². The monoisotopic (exact) mass is 291 g/mol. The predicted molar refractivity (Wildman–Crippen MR) is 79.1 cm³/mol. The summed E-state index contributed by atoms with van der Waals surface area (Å²) in [4.78, 5) is 0. The Balaban J connectivity index is 1.94. The minimum absolute atomic E-state index is 0.0640. The van der Waals surface area contributed by atoms with Crippen molar-refractivity contribution >= 4 is 0 Å². The molecule has 0 aliphatic carbocycles. The van der Waals surface area contributed by atoms with Crippen molar-refractivity contribution < 1.29 is 13.5 Å². The molecular formula is C17H19F2NO. The normalized spacial score (nSPS) is 11.0. The lowest BCUT2D eigenvalue weighted by Crippen LogP contribution is -2.14. The van der Waals surface area contributed by atoms with E-state index in [2.05, 4.69) is 5.32 Å². The van der Waals surface area contributed by atoms with Crippen LogP contribution in [0.25, 0.3) is 0 Å². The van der Waals surface area contributed by atoms with Crippen molar-refractivity contribution in [2.45, 2.75) is 26.1 Å². The number of nitrogens with one attached hydrogen (secondary N) is 1. The van der Waals surface area contributed by atoms with Crippen LogP contribution < -0.4 is 5.32 Å². The second kappa shape index (κ2) is 7.86. The van der Waals surface area contributed by atoms with E-state index in [1.807, 2.05) is 30.3 Å². The molecule has 21 heavy (non-hydrogen) atoms. The number of hydrogen-bond donors (Lipinski definition) is 1. The van der Waals surface area contributed by atoms with E-state index in [0.29, 0.717) is 19.7 Å². The quantitative estimate of drug-likeness (QED) is 0.830. The Hall–Kier alpha value is -1.78. The van der Waals surface area contributed by atoms with E-state index in [1.165, 1.54) is 6.07 Å². The van der Waals surface area contributed by atoms with Gasteiger partial charge in [0, 0.05) is 25.8 Å². The van der Waals surface area contributed by atoms with Gasteiger partial charge in [0.1, 0.15) is 0 Å². The summed E-state index contributed by atoms with van der Waals surface area (Å²) in [7, 11) is 1.67. The highest BCUT2D eigenvalue weighted by Gasteiger charge is 2.07. The van der Waals surface area contributed by atoms with Gasteiger partial charge in [-0.1, -0.05) is 42.5 Å². The molecule has 0 aliphatic heterocycles. The molecular weight excluding hydrogens is 272 g/mol. The van der Waals surface area contributed by atoms with Crippen LogP contribution in [0.4, 0.5) is 8.78 Å². The maximum absolute atomic E-state index is 12.6. The zero-order valence-corrected chi connectivity index (χ0v) is 12.0. The fraction of sp³-hybridized carbons (Fsp3) is 0.294. The molecule has 2 aromatic rings. The molecule has 0 unspecified atom stereocenters. The molecule has 0 fully saturated rings. The van der Waals surface area contributed by atoms with Gasteiger partial charge in [-0.05, 0) is 22.8 Å². The van der Waals surface area contributed by atoms with Crippen LogP contribution >= 0.6 is 0 Å². The minimum Gasteiger partial charge on any atom is -0.380 e. The van der Waals surface area contributed by atoms with E-state index in [-0.39, 0.29) is 5.56 Å². The van der Waals surface area contributed by atoms with Crippen LogP contribution in [0.5, 0.6) is 0 Å². The third-order valence-electron chi connectivity index (χ3n) is 3.27. The Bertz CT molecular complexity index is 572. The van der Waals surface area contributed by atoms with Gasteiger partial charge in [-0.25, -0.2) is 8.78 Å². The minimum atomic E-state index is -2.42. The number of benzene rings is 2. The van der Waals surface area contributed by atoms with Crippen molar-refractivity contribution in [2.75, 3.05) is 7.11 Å². The summed E-state index contributed by atoms with van der Waals surface area (Å²) >= 11 is 0. The summed E-state index contributed by atoms with van der Waals surface area (Å²) in [5.41, 5.74) is 3.21. The molecule has 0 spiro atoms. The molecule has 0 atom stereocenters. The van der Waals surface area contributed by atoms with E-state index in [9.17, 15) is 8.78 Å². The molecule has 112 valence electrons. The van der Waals surface area contributed by atoms with E-state index in [0.717, 1.165) is 16.7 Å². The summed E-state index contributed by atoms with van der Waals surface area (Å²) in [6, 6.07) is 14.5. The summed E-state index contributed by atoms with van der Waals surface area (Å²) in [6.07, 6.45) is -2.42. The molecule has 2 nitrogen and oxygen atoms in total. The SMILES string of the molecule is COCc1ccccc1CNCc1cccc(C(F)F)c1. The maximum atomic E-state index is 12.6. The predicted octanol–water partition coefficient (Wildman–Crippen LogP) is 4.06. The lowest BCUT2D eigenvalue weighted by molar-refractivity contribution is 0.151. The third-order valence-corrected chi connectivity index (χ3v) is 3.27. The van der Waals surface area contributed by atoms with Crippen molar-refractivity contribution in [3.05, 3.63) is 70.8 Å². The van der Waals surface area contributed by atoms with E-state index in [1.54, 1.807) is 19.2 Å². The largest absolute Gasteiger partial charge is 0.380 e. The lowest BCUT2D eigenvalue weighted by atomic mass is 10.1. The molecule has 0 radical (unpaired) electrons. The van der Waals surface area contributed by atoms with E-state index >= 15 is 0 Å². The second-order valence-electron chi connectivity index (χ2n) is 4.85. The van der Waals surface area contributed by atoms with Crippen LogP contribution in [0.2, 0.25) is 0 Å². The molecule has 0 amide bonds. The van der Waals surface area contributed by atoms with Gasteiger partial charge >= 0.3 is 0 Å². The number of halogens is 2. The highest BCUT2D eigenvalue weighted by atomic mass is 19.3. The Morgan fingerprint density at radius 1 is 1.00 bits per heavy atom. The fourth-order valence-electron chi connectivity index (χ4n) is 2.21. The molecule has 4 heteroatoms. The first-order valence-electron chi connectivity index (χ1n) is 6.84. The van der Waals surface area contributed by atoms with Crippen molar-refractivity contribution in [1.29, 1.82) is 0 Å². The first kappa shape index (κ1) is 15.6. The van der Waals surface area contributed by atoms with Crippen LogP contribution in [0.15, 0.2) is 48.5 Å². The standard InChI is InChI=1S/C17H19F2NO/c1-21-12-16-7-3-2-6-15(16)11-20-10-13-5-4-8-14(9-13)17(18)19/h2-9,17,20H,10-12H2,1H3. The van der Waals surface area contributed by atoms with Gasteiger partial charge in [0.25, 0.3) is 6.43 Å². The topological polar surface area (TPSA) is 21.3 Å². The Labute approximate surface area is 123 Å². The Morgan fingerprint density at radius 3 is 2.48 bits per heavy atom. The average Bonchev–Trinajstić information content (AvgIpc) is 2.49. The van der Waals surface area contributed by atoms with Gasteiger partial charge in [0.15, 0.2) is 0 Å². The molecule has 2 rings (SSSR count). The zero-order valence-electron chi connectivity index (χ0n) is 12.0. The Kier molecular flexibility index (Phi) is 5.84. The molecule has 0 heterocycles. The van der Waals surface area contributed by atoms with Gasteiger partial charge in [-0.15, -0.1) is 0 Å². The van der Waals surface area contributed by atoms with Crippen molar-refractivity contribution in [3.63, 3.8) is 0 Å². The van der Waals surface area contributed by atoms with Crippen LogP contribution in [0, 0.1) is 0 Å². The van der Waals surface area contributed by atoms with E-state index in [4.69, 9.17) is 4.74 Å². The number of hydrogen-bond acceptors (Lipinski definition) is 2. The van der Waals surface area contributed by atoms with Crippen molar-refractivity contribution in [1.82, 2.24) is 5.32 Å². The molecule has 2 aromatic carbocycles. The second-order valence-corrected chi connectivity index (χ2v) is 4.85. The smallest absolute Gasteiger partial charge is 0.263 e. The molecule has 0 bridgehead atoms. The van der Waals surface area contributed by atoms with Gasteiger partial charge in [-0.2, -0.15) is 0 Å². The number of rotatable bonds is 7. The van der Waals surface area contributed by atoms with Gasteiger partial charge in [0.05, 0.1) is 6.61 Å². The third kappa shape index (κ3) is 4.62. The number of alkyl halides is 2. The Morgan fingerprint density at radius 2 is 1.76 bits per heavy atom. The molecule has 1 N–H and O–H groups in total. The van der Waals surface area contributed by atoms with Crippen LogP contribution in [-0.2, 0) is 24.4 Å². The highest BCUT2D eigenvalue weighted by Crippen LogP contribution is 2.19. The number of methoxy groups -OCH3 is 1. The van der Waals surface area contributed by atoms with Crippen molar-refractivity contribution in [2.24, 2.45) is 0 Å². The maximum Gasteiger partial charge on any atom is 0.263 e. The van der Waals surface area contributed by atoms with Gasteiger partial charge in [0.2, 0.25) is 0 Å². The first-order valence-corrected chi connectivity index (χ1v) is 6.84. The van der Waals surface area contributed by atoms with Gasteiger partial charge in [-0.3, -0.25) is 0 Å². The molecule has 0 aromatic heterocycles. The van der Waals surface area contributed by atoms with Gasteiger partial charge < -0.3 is 10.1 Å². The zero-order chi connectivity index (χ0) is 15.1.